The molecule has 2 saturated carbocycles. The minimum atomic E-state index is -4.96. The number of carboxylic acids is 1. The molecule has 0 unspecified atom stereocenters. The van der Waals surface area contributed by atoms with Crippen molar-refractivity contribution in [2.24, 2.45) is 22.7 Å². The quantitative estimate of drug-likeness (QED) is 0.0747. The second kappa shape index (κ2) is 11.7. The summed E-state index contributed by atoms with van der Waals surface area (Å²) >= 11 is 1.00. The van der Waals surface area contributed by atoms with Crippen molar-refractivity contribution in [3.05, 3.63) is 23.0 Å². The van der Waals surface area contributed by atoms with Gasteiger partial charge in [0.25, 0.3) is 0 Å². The molecule has 1 aliphatic heterocycles. The number of aromatic nitrogens is 4. The predicted molar refractivity (Wildman–Crippen MR) is 150 cm³/mol. The third kappa shape index (κ3) is 6.73. The van der Waals surface area contributed by atoms with Gasteiger partial charge in [0.1, 0.15) is 5.69 Å². The van der Waals surface area contributed by atoms with Gasteiger partial charge in [-0.25, -0.2) is 14.1 Å². The van der Waals surface area contributed by atoms with Crippen molar-refractivity contribution in [3.63, 3.8) is 0 Å². The molecular weight excluding hydrogens is 606 g/mol. The van der Waals surface area contributed by atoms with Gasteiger partial charge in [-0.05, 0) is 38.0 Å². The lowest BCUT2D eigenvalue weighted by atomic mass is 9.77. The van der Waals surface area contributed by atoms with Crippen LogP contribution in [-0.4, -0.2) is 89.1 Å². The molecule has 232 valence electrons. The summed E-state index contributed by atoms with van der Waals surface area (Å²) in [5.41, 5.74) is 10.7. The van der Waals surface area contributed by atoms with Gasteiger partial charge in [0, 0.05) is 36.4 Å². The van der Waals surface area contributed by atoms with E-state index in [0.29, 0.717) is 36.6 Å². The second-order valence-corrected chi connectivity index (χ2v) is 13.3. The summed E-state index contributed by atoms with van der Waals surface area (Å²) in [5, 5.41) is 31.3. The van der Waals surface area contributed by atoms with E-state index in [1.807, 2.05) is 0 Å². The Labute approximate surface area is 249 Å². The number of hydrogen-bond donors (Lipinski definition) is 5. The highest BCUT2D eigenvalue weighted by Crippen LogP contribution is 2.40. The number of amides is 1. The van der Waals surface area contributed by atoms with Crippen LogP contribution in [0.3, 0.4) is 0 Å². The predicted octanol–water partition coefficient (Wildman–Crippen LogP) is 0.0237. The van der Waals surface area contributed by atoms with E-state index in [1.54, 1.807) is 0 Å². The van der Waals surface area contributed by atoms with E-state index in [0.717, 1.165) is 24.2 Å². The second-order valence-electron chi connectivity index (χ2n) is 11.1. The molecule has 2 aromatic rings. The number of hydrogen-bond acceptors (Lipinski definition) is 14. The van der Waals surface area contributed by atoms with Crippen LogP contribution in [0, 0.1) is 17.2 Å². The van der Waals surface area contributed by atoms with Crippen LogP contribution < -0.4 is 11.5 Å². The summed E-state index contributed by atoms with van der Waals surface area (Å²) in [7, 11) is -4.96. The van der Waals surface area contributed by atoms with E-state index in [1.165, 1.54) is 16.4 Å². The van der Waals surface area contributed by atoms with Crippen molar-refractivity contribution in [2.45, 2.75) is 75.6 Å². The number of carbonyl (C=O) groups is 3. The molecule has 2 aliphatic carbocycles. The van der Waals surface area contributed by atoms with E-state index < -0.39 is 51.9 Å². The number of carboxylic acid groups (broad SMARTS) is 1. The fourth-order valence-electron chi connectivity index (χ4n) is 5.19. The molecule has 3 fully saturated rings. The van der Waals surface area contributed by atoms with Crippen molar-refractivity contribution in [1.82, 2.24) is 24.3 Å². The maximum absolute atomic E-state index is 13.4. The van der Waals surface area contributed by atoms with Gasteiger partial charge in [-0.2, -0.15) is 23.4 Å². The van der Waals surface area contributed by atoms with Crippen LogP contribution in [0.5, 0.6) is 0 Å². The molecule has 0 aromatic carbocycles. The van der Waals surface area contributed by atoms with Gasteiger partial charge in [0.15, 0.2) is 16.6 Å². The number of rotatable bonds is 15. The Morgan fingerprint density at radius 3 is 2.58 bits per heavy atom. The van der Waals surface area contributed by atoms with Crippen molar-refractivity contribution >= 4 is 55.9 Å². The summed E-state index contributed by atoms with van der Waals surface area (Å²) in [6.07, 6.45) is 4.69. The first-order valence-electron chi connectivity index (χ1n) is 13.5. The van der Waals surface area contributed by atoms with Gasteiger partial charge in [-0.15, -0.1) is 11.3 Å². The van der Waals surface area contributed by atoms with Crippen LogP contribution in [0.4, 0.5) is 5.13 Å². The number of ketones is 1. The van der Waals surface area contributed by atoms with Crippen LogP contribution in [0.1, 0.15) is 56.3 Å². The van der Waals surface area contributed by atoms with Gasteiger partial charge in [0.2, 0.25) is 11.5 Å². The van der Waals surface area contributed by atoms with Crippen molar-refractivity contribution in [1.29, 1.82) is 5.41 Å². The number of β-lactam (4-membered cyclic amide) rings is 1. The number of aliphatic carboxylic acids is 1. The zero-order valence-electron chi connectivity index (χ0n) is 22.8. The number of carbonyl (C=O) groups excluding carboxylic acids is 2. The molecule has 1 saturated heterocycles. The number of thiazole rings is 1. The first-order valence-corrected chi connectivity index (χ1v) is 15.8. The lowest BCUT2D eigenvalue weighted by Gasteiger charge is -2.43. The van der Waals surface area contributed by atoms with Crippen molar-refractivity contribution in [3.8, 4) is 0 Å². The normalized spacial score (nSPS) is 24.7. The maximum Gasteiger partial charge on any atom is 0.362 e. The topological polar surface area (TPSA) is 270 Å². The molecule has 1 amide bonds. The van der Waals surface area contributed by atoms with E-state index >= 15 is 0 Å². The smallest absolute Gasteiger partial charge is 0.362 e. The third-order valence-electron chi connectivity index (χ3n) is 7.81. The summed E-state index contributed by atoms with van der Waals surface area (Å²) in [6.45, 7) is -0.254. The third-order valence-corrected chi connectivity index (χ3v) is 9.43. The highest BCUT2D eigenvalue weighted by molar-refractivity contribution is 7.84. The SMILES string of the molecule is N=C(CCc1cnn(C[C@@H]2[C@H](CC(=O)/C(=N\OC3(C(=O)O)CC3)c3csc(N)n3)C(=O)N2S(=O)(=O)O)n1)CC1CC(N)C1. The molecule has 2 atom stereocenters. The minimum Gasteiger partial charge on any atom is -0.478 e. The molecule has 0 radical (unpaired) electrons. The standard InChI is InChI=1S/C24H31N9O8S2/c25-13(5-12-6-14(26)7-12)1-2-15-9-28-32(30-15)10-18-16(21(35)33(18)43(38,39)40)8-19(34)20(17-11-42-23(27)29-17)31-41-24(3-4-24)22(36)37/h9,11-12,14,16,18,25H,1-8,10,26H2,(H2,27,29)(H,36,37)(H,38,39,40)/b25-13?,31-20-/t12?,14?,16-,18+/m0/s1. The summed E-state index contributed by atoms with van der Waals surface area (Å²) in [5.74, 6) is -3.81. The molecule has 5 rings (SSSR count). The molecule has 17 nitrogen and oxygen atoms in total. The molecular formula is C24H31N9O8S2. The summed E-state index contributed by atoms with van der Waals surface area (Å²) < 4.78 is 33.9. The summed E-state index contributed by atoms with van der Waals surface area (Å²) in [4.78, 5) is 48.0. The molecule has 3 heterocycles. The van der Waals surface area contributed by atoms with Crippen LogP contribution in [0.25, 0.3) is 0 Å². The highest BCUT2D eigenvalue weighted by atomic mass is 32.2. The van der Waals surface area contributed by atoms with Crippen LogP contribution in [0.15, 0.2) is 16.7 Å². The number of nitrogens with two attached hydrogens (primary N) is 2. The van der Waals surface area contributed by atoms with Gasteiger partial charge in [-0.3, -0.25) is 14.1 Å². The van der Waals surface area contributed by atoms with Crippen LogP contribution in [0.2, 0.25) is 0 Å². The van der Waals surface area contributed by atoms with Crippen LogP contribution in [-0.2, 0) is 42.5 Å². The van der Waals surface area contributed by atoms with Crippen molar-refractivity contribution in [2.75, 3.05) is 5.73 Å². The Hall–Kier alpha value is -3.81. The Bertz CT molecular complexity index is 1580. The number of oxime groups is 1. The largest absolute Gasteiger partial charge is 0.478 e. The first kappa shape index (κ1) is 30.6. The fraction of sp³-hybridized carbons (Fsp3) is 0.583. The lowest BCUT2D eigenvalue weighted by Crippen LogP contribution is -2.64. The fourth-order valence-corrected chi connectivity index (χ4v) is 6.66. The van der Waals surface area contributed by atoms with Crippen LogP contribution >= 0.6 is 11.3 Å². The average Bonchev–Trinajstić information content (AvgIpc) is 3.37. The molecule has 2 aromatic heterocycles. The molecule has 43 heavy (non-hydrogen) atoms. The van der Waals surface area contributed by atoms with E-state index in [2.05, 4.69) is 20.3 Å². The monoisotopic (exact) mass is 637 g/mol. The van der Waals surface area contributed by atoms with E-state index in [9.17, 15) is 32.5 Å². The average molecular weight is 638 g/mol. The highest BCUT2D eigenvalue weighted by Gasteiger charge is 2.56. The molecule has 0 bridgehead atoms. The van der Waals surface area contributed by atoms with Crippen molar-refractivity contribution < 1.29 is 37.3 Å². The lowest BCUT2D eigenvalue weighted by molar-refractivity contribution is -0.153. The van der Waals surface area contributed by atoms with E-state index in [-0.39, 0.29) is 46.3 Å². The minimum absolute atomic E-state index is 0.00718. The molecule has 3 aliphatic rings. The summed E-state index contributed by atoms with van der Waals surface area (Å²) in [6, 6.07) is -0.994. The number of anilines is 1. The van der Waals surface area contributed by atoms with E-state index in [4.69, 9.17) is 21.7 Å². The number of nitrogens with one attached hydrogen (secondary N) is 1. The zero-order valence-corrected chi connectivity index (χ0v) is 24.5. The molecule has 19 heteroatoms. The zero-order chi connectivity index (χ0) is 31.1. The molecule has 0 spiro atoms. The van der Waals surface area contributed by atoms with Gasteiger partial charge in [-0.1, -0.05) is 5.16 Å². The maximum atomic E-state index is 13.4. The van der Waals surface area contributed by atoms with Gasteiger partial charge in [0.05, 0.1) is 30.4 Å². The number of nitrogen functional groups attached to an aromatic ring is 1. The Morgan fingerprint density at radius 2 is 2.00 bits per heavy atom. The number of aryl methyl sites for hydroxylation is 1. The Balaban J connectivity index is 1.27. The van der Waals surface area contributed by atoms with Gasteiger partial charge < -0.3 is 26.8 Å². The number of Topliss-reactive ketones (excluding diaryl/α,β-unsaturated/α-hetero) is 1. The number of nitrogens with zero attached hydrogens (tertiary/aromatic N) is 6. The Morgan fingerprint density at radius 1 is 1.28 bits per heavy atom. The molecule has 7 N–H and O–H groups in total. The van der Waals surface area contributed by atoms with Gasteiger partial charge >= 0.3 is 16.3 Å². The first-order chi connectivity index (χ1) is 20.3. The Kier molecular flexibility index (Phi) is 8.34.